The maximum absolute atomic E-state index is 11.9. The molecule has 0 N–H and O–H groups in total. The largest absolute Gasteiger partial charge is 0.461 e. The van der Waals surface area contributed by atoms with Crippen molar-refractivity contribution in [3.63, 3.8) is 0 Å². The first-order valence-electron chi connectivity index (χ1n) is 6.98. The second kappa shape index (κ2) is 6.47. The molecule has 0 aromatic carbocycles. The molecule has 2 aromatic rings. The minimum absolute atomic E-state index is 0.0666. The number of ether oxygens (including phenoxy) is 1. The summed E-state index contributed by atoms with van der Waals surface area (Å²) in [5, 5.41) is 11.8. The van der Waals surface area contributed by atoms with E-state index < -0.39 is 5.97 Å². The van der Waals surface area contributed by atoms with E-state index in [2.05, 4.69) is 20.5 Å². The Labute approximate surface area is 122 Å². The van der Waals surface area contributed by atoms with Crippen LogP contribution in [0.1, 0.15) is 61.5 Å². The third kappa shape index (κ3) is 3.26. The fourth-order valence-corrected chi connectivity index (χ4v) is 1.99. The zero-order chi connectivity index (χ0) is 15.4. The highest BCUT2D eigenvalue weighted by molar-refractivity contribution is 5.88. The standard InChI is InChI=1S/C13H19N5O3/c1-5-10-14-9(16-21-10)7-18-12(8(3)4)11(15-17-18)13(19)20-6-2/h8H,5-7H2,1-4H3. The highest BCUT2D eigenvalue weighted by Crippen LogP contribution is 2.19. The van der Waals surface area contributed by atoms with Gasteiger partial charge in [0.05, 0.1) is 12.3 Å². The second-order valence-corrected chi connectivity index (χ2v) is 4.81. The predicted molar refractivity (Wildman–Crippen MR) is 72.8 cm³/mol. The van der Waals surface area contributed by atoms with E-state index in [0.29, 0.717) is 37.0 Å². The maximum Gasteiger partial charge on any atom is 0.360 e. The van der Waals surface area contributed by atoms with E-state index in [9.17, 15) is 4.79 Å². The molecule has 0 aliphatic rings. The van der Waals surface area contributed by atoms with Crippen molar-refractivity contribution in [3.8, 4) is 0 Å². The van der Waals surface area contributed by atoms with E-state index in [1.165, 1.54) is 0 Å². The van der Waals surface area contributed by atoms with Gasteiger partial charge in [-0.2, -0.15) is 4.98 Å². The normalized spacial score (nSPS) is 11.1. The lowest BCUT2D eigenvalue weighted by Crippen LogP contribution is -2.13. The van der Waals surface area contributed by atoms with Gasteiger partial charge < -0.3 is 9.26 Å². The Morgan fingerprint density at radius 2 is 2.14 bits per heavy atom. The molecular weight excluding hydrogens is 274 g/mol. The van der Waals surface area contributed by atoms with Crippen molar-refractivity contribution in [3.05, 3.63) is 23.1 Å². The number of hydrogen-bond acceptors (Lipinski definition) is 7. The Balaban J connectivity index is 2.29. The van der Waals surface area contributed by atoms with Crippen molar-refractivity contribution in [1.29, 1.82) is 0 Å². The lowest BCUT2D eigenvalue weighted by atomic mass is 10.1. The first kappa shape index (κ1) is 15.1. The van der Waals surface area contributed by atoms with Gasteiger partial charge in [-0.3, -0.25) is 0 Å². The summed E-state index contributed by atoms with van der Waals surface area (Å²) in [6.07, 6.45) is 0.676. The molecule has 0 spiro atoms. The minimum Gasteiger partial charge on any atom is -0.461 e. The molecular formula is C13H19N5O3. The van der Waals surface area contributed by atoms with Gasteiger partial charge in [-0.1, -0.05) is 31.1 Å². The number of hydrogen-bond donors (Lipinski definition) is 0. The van der Waals surface area contributed by atoms with Crippen LogP contribution in [0.5, 0.6) is 0 Å². The van der Waals surface area contributed by atoms with Gasteiger partial charge in [0.2, 0.25) is 5.89 Å². The van der Waals surface area contributed by atoms with Crippen LogP contribution in [-0.2, 0) is 17.7 Å². The molecule has 21 heavy (non-hydrogen) atoms. The van der Waals surface area contributed by atoms with Crippen molar-refractivity contribution in [1.82, 2.24) is 25.1 Å². The van der Waals surface area contributed by atoms with Crippen LogP contribution in [0, 0.1) is 0 Å². The number of esters is 1. The molecule has 2 rings (SSSR count). The van der Waals surface area contributed by atoms with Crippen LogP contribution in [0.15, 0.2) is 4.52 Å². The average Bonchev–Trinajstić information content (AvgIpc) is 3.06. The van der Waals surface area contributed by atoms with Crippen LogP contribution in [0.3, 0.4) is 0 Å². The SMILES string of the molecule is CCOC(=O)c1nnn(Cc2noc(CC)n2)c1C(C)C. The summed E-state index contributed by atoms with van der Waals surface area (Å²) in [5.74, 6) is 0.683. The van der Waals surface area contributed by atoms with E-state index in [1.807, 2.05) is 20.8 Å². The summed E-state index contributed by atoms with van der Waals surface area (Å²) < 4.78 is 11.7. The number of carbonyl (C=O) groups is 1. The topological polar surface area (TPSA) is 95.9 Å². The van der Waals surface area contributed by atoms with Gasteiger partial charge in [0.1, 0.15) is 6.54 Å². The number of rotatable bonds is 6. The van der Waals surface area contributed by atoms with Gasteiger partial charge in [0.25, 0.3) is 0 Å². The highest BCUT2D eigenvalue weighted by Gasteiger charge is 2.23. The summed E-state index contributed by atoms with van der Waals surface area (Å²) in [6.45, 7) is 8.22. The maximum atomic E-state index is 11.9. The van der Waals surface area contributed by atoms with Crippen LogP contribution >= 0.6 is 0 Å². The first-order chi connectivity index (χ1) is 10.1. The Morgan fingerprint density at radius 1 is 1.38 bits per heavy atom. The van der Waals surface area contributed by atoms with E-state index in [1.54, 1.807) is 11.6 Å². The molecule has 2 aromatic heterocycles. The molecule has 114 valence electrons. The number of carbonyl (C=O) groups excluding carboxylic acids is 1. The molecule has 0 fully saturated rings. The lowest BCUT2D eigenvalue weighted by molar-refractivity contribution is 0.0517. The smallest absolute Gasteiger partial charge is 0.360 e. The van der Waals surface area contributed by atoms with Gasteiger partial charge >= 0.3 is 5.97 Å². The van der Waals surface area contributed by atoms with Gasteiger partial charge in [-0.15, -0.1) is 5.10 Å². The number of aromatic nitrogens is 5. The Morgan fingerprint density at radius 3 is 2.71 bits per heavy atom. The van der Waals surface area contributed by atoms with E-state index >= 15 is 0 Å². The summed E-state index contributed by atoms with van der Waals surface area (Å²) in [5.41, 5.74) is 0.947. The second-order valence-electron chi connectivity index (χ2n) is 4.81. The van der Waals surface area contributed by atoms with E-state index in [0.717, 1.165) is 0 Å². The molecule has 2 heterocycles. The summed E-state index contributed by atoms with van der Waals surface area (Å²) >= 11 is 0. The van der Waals surface area contributed by atoms with Crippen molar-refractivity contribution in [2.24, 2.45) is 0 Å². The summed E-state index contributed by atoms with van der Waals surface area (Å²) in [4.78, 5) is 16.1. The molecule has 0 radical (unpaired) electrons. The van der Waals surface area contributed by atoms with Gasteiger partial charge in [-0.05, 0) is 12.8 Å². The van der Waals surface area contributed by atoms with Crippen LogP contribution in [0.4, 0.5) is 0 Å². The van der Waals surface area contributed by atoms with Crippen molar-refractivity contribution in [2.75, 3.05) is 6.61 Å². The van der Waals surface area contributed by atoms with Crippen LogP contribution in [0.25, 0.3) is 0 Å². The molecule has 8 nitrogen and oxygen atoms in total. The van der Waals surface area contributed by atoms with E-state index in [4.69, 9.17) is 9.26 Å². The molecule has 8 heteroatoms. The zero-order valence-electron chi connectivity index (χ0n) is 12.7. The minimum atomic E-state index is -0.463. The van der Waals surface area contributed by atoms with Crippen LogP contribution in [-0.4, -0.2) is 37.7 Å². The molecule has 0 aliphatic carbocycles. The third-order valence-electron chi connectivity index (χ3n) is 2.89. The molecule has 0 unspecified atom stereocenters. The Bertz CT molecular complexity index is 617. The van der Waals surface area contributed by atoms with Crippen molar-refractivity contribution in [2.45, 2.75) is 46.6 Å². The third-order valence-corrected chi connectivity index (χ3v) is 2.89. The average molecular weight is 293 g/mol. The van der Waals surface area contributed by atoms with Gasteiger partial charge in [0.15, 0.2) is 11.5 Å². The monoisotopic (exact) mass is 293 g/mol. The quantitative estimate of drug-likeness (QED) is 0.746. The Kier molecular flexibility index (Phi) is 4.66. The highest BCUT2D eigenvalue weighted by atomic mass is 16.5. The zero-order valence-corrected chi connectivity index (χ0v) is 12.7. The molecule has 0 amide bonds. The Hall–Kier alpha value is -2.25. The number of nitrogens with zero attached hydrogens (tertiary/aromatic N) is 5. The molecule has 0 atom stereocenters. The molecule has 0 bridgehead atoms. The van der Waals surface area contributed by atoms with Gasteiger partial charge in [0, 0.05) is 6.42 Å². The molecule has 0 aliphatic heterocycles. The fraction of sp³-hybridized carbons (Fsp3) is 0.615. The van der Waals surface area contributed by atoms with Crippen molar-refractivity contribution >= 4 is 5.97 Å². The summed E-state index contributed by atoms with van der Waals surface area (Å²) in [6, 6.07) is 0. The van der Waals surface area contributed by atoms with Crippen LogP contribution in [0.2, 0.25) is 0 Å². The molecule has 0 saturated carbocycles. The van der Waals surface area contributed by atoms with Crippen LogP contribution < -0.4 is 0 Å². The number of aryl methyl sites for hydroxylation is 1. The molecule has 0 saturated heterocycles. The summed E-state index contributed by atoms with van der Waals surface area (Å²) in [7, 11) is 0. The predicted octanol–water partition coefficient (Wildman–Crippen LogP) is 1.57. The van der Waals surface area contributed by atoms with E-state index in [-0.39, 0.29) is 11.6 Å². The fourth-order valence-electron chi connectivity index (χ4n) is 1.99. The lowest BCUT2D eigenvalue weighted by Gasteiger charge is -2.09. The van der Waals surface area contributed by atoms with Gasteiger partial charge in [-0.25, -0.2) is 9.48 Å². The van der Waals surface area contributed by atoms with Crippen molar-refractivity contribution < 1.29 is 14.1 Å². The first-order valence-corrected chi connectivity index (χ1v) is 6.98.